The minimum Gasteiger partial charge on any atom is -0.326 e. The van der Waals surface area contributed by atoms with Crippen molar-refractivity contribution in [3.63, 3.8) is 0 Å². The highest BCUT2D eigenvalue weighted by Crippen LogP contribution is 2.42. The van der Waals surface area contributed by atoms with Crippen molar-refractivity contribution in [1.82, 2.24) is 9.80 Å². The third kappa shape index (κ3) is 7.83. The van der Waals surface area contributed by atoms with Gasteiger partial charge in [-0.05, 0) is 61.4 Å². The number of carbonyl (C=O) groups is 4. The number of halogens is 2. The maximum Gasteiger partial charge on any atom is 0.267 e. The van der Waals surface area contributed by atoms with Crippen molar-refractivity contribution in [2.24, 2.45) is 0 Å². The number of nitrogens with one attached hydrogen (secondary N) is 2. The summed E-state index contributed by atoms with van der Waals surface area (Å²) in [6.07, 6.45) is 1.14. The fraction of sp³-hybridized carbons (Fsp3) is 0.231. The van der Waals surface area contributed by atoms with E-state index in [0.29, 0.717) is 42.9 Å². The highest BCUT2D eigenvalue weighted by Gasteiger charge is 2.41. The fourth-order valence-electron chi connectivity index (χ4n) is 3.76. The molecule has 2 aromatic carbocycles. The van der Waals surface area contributed by atoms with Crippen molar-refractivity contribution in [2.45, 2.75) is 25.7 Å². The molecule has 14 heteroatoms. The van der Waals surface area contributed by atoms with E-state index in [2.05, 4.69) is 10.6 Å². The van der Waals surface area contributed by atoms with Crippen LogP contribution in [0.2, 0.25) is 10.0 Å². The van der Waals surface area contributed by atoms with Gasteiger partial charge in [-0.25, -0.2) is 0 Å². The Bertz CT molecular complexity index is 1290. The summed E-state index contributed by atoms with van der Waals surface area (Å²) in [4.78, 5) is 54.0. The number of anilines is 2. The van der Waals surface area contributed by atoms with Crippen LogP contribution in [0.3, 0.4) is 0 Å². The molecule has 0 unspecified atom stereocenters. The monoisotopic (exact) mass is 652 g/mol. The van der Waals surface area contributed by atoms with E-state index in [1.807, 2.05) is 0 Å². The zero-order chi connectivity index (χ0) is 28.8. The minimum absolute atomic E-state index is 0.183. The number of hydrogen-bond donors (Lipinski definition) is 2. The van der Waals surface area contributed by atoms with Crippen LogP contribution in [-0.4, -0.2) is 55.2 Å². The largest absolute Gasteiger partial charge is 0.326 e. The summed E-state index contributed by atoms with van der Waals surface area (Å²) in [6, 6.07) is 13.5. The molecule has 0 atom stereocenters. The topological polar surface area (TPSA) is 98.8 Å². The lowest BCUT2D eigenvalue weighted by Crippen LogP contribution is -2.31. The standard InChI is InChI=1S/C26H22Cl2N4O4S4/c27-15-5-9-17(10-6-15)29-19(33)3-1-13-31-23(35)21(39-25(31)37)22-24(36)32(26(38)40-22)14-2-4-20(34)30-18-11-7-16(28)8-12-18/h5-12H,1-4,13-14H2,(H,29,33)(H,30,34)/b22-21+. The van der Waals surface area contributed by atoms with Gasteiger partial charge in [-0.3, -0.25) is 29.0 Å². The van der Waals surface area contributed by atoms with Crippen LogP contribution in [0.4, 0.5) is 11.4 Å². The molecule has 0 radical (unpaired) electrons. The molecule has 2 N–H and O–H groups in total. The van der Waals surface area contributed by atoms with Crippen LogP contribution in [-0.2, 0) is 19.2 Å². The average molecular weight is 654 g/mol. The fourth-order valence-corrected chi connectivity index (χ4v) is 6.79. The molecule has 2 aliphatic heterocycles. The van der Waals surface area contributed by atoms with Gasteiger partial charge in [0, 0.05) is 47.4 Å². The van der Waals surface area contributed by atoms with Gasteiger partial charge in [0.1, 0.15) is 8.64 Å². The number of amides is 4. The predicted octanol–water partition coefficient (Wildman–Crippen LogP) is 6.06. The lowest BCUT2D eigenvalue weighted by atomic mass is 10.2. The molecule has 4 rings (SSSR count). The number of carbonyl (C=O) groups excluding carboxylic acids is 4. The molecule has 8 nitrogen and oxygen atoms in total. The van der Waals surface area contributed by atoms with Crippen LogP contribution in [0.25, 0.3) is 0 Å². The van der Waals surface area contributed by atoms with E-state index in [1.165, 1.54) is 9.80 Å². The van der Waals surface area contributed by atoms with E-state index in [4.69, 9.17) is 47.6 Å². The van der Waals surface area contributed by atoms with E-state index in [-0.39, 0.29) is 59.4 Å². The molecule has 0 saturated carbocycles. The number of nitrogens with zero attached hydrogens (tertiary/aromatic N) is 2. The Morgan fingerprint density at radius 2 is 1.02 bits per heavy atom. The molecular formula is C26H22Cl2N4O4S4. The summed E-state index contributed by atoms with van der Waals surface area (Å²) in [5.41, 5.74) is 1.26. The van der Waals surface area contributed by atoms with Crippen LogP contribution in [0.1, 0.15) is 25.7 Å². The van der Waals surface area contributed by atoms with Crippen molar-refractivity contribution >= 4 is 115 Å². The summed E-state index contributed by atoms with van der Waals surface area (Å²) in [6.45, 7) is 0.483. The van der Waals surface area contributed by atoms with Gasteiger partial charge >= 0.3 is 0 Å². The van der Waals surface area contributed by atoms with Gasteiger partial charge in [0.05, 0.1) is 9.81 Å². The molecular weight excluding hydrogens is 631 g/mol. The highest BCUT2D eigenvalue weighted by atomic mass is 35.5. The second kappa shape index (κ2) is 13.9. The molecule has 2 saturated heterocycles. The molecule has 4 amide bonds. The molecule has 0 bridgehead atoms. The zero-order valence-corrected chi connectivity index (χ0v) is 25.6. The molecule has 2 fully saturated rings. The SMILES string of the molecule is O=C(CCCN1C(=O)/C(=C2\SC(=S)N(CCCC(=O)Nc3ccc(Cl)cc3)C2=O)SC1=S)Nc1ccc(Cl)cc1. The summed E-state index contributed by atoms with van der Waals surface area (Å²) >= 11 is 24.6. The highest BCUT2D eigenvalue weighted by molar-refractivity contribution is 8.29. The number of benzene rings is 2. The van der Waals surface area contributed by atoms with E-state index in [9.17, 15) is 19.2 Å². The predicted molar refractivity (Wildman–Crippen MR) is 169 cm³/mol. The third-order valence-corrected chi connectivity index (χ3v) is 9.26. The van der Waals surface area contributed by atoms with Gasteiger partial charge < -0.3 is 10.6 Å². The first-order valence-corrected chi connectivity index (χ1v) is 15.3. The summed E-state index contributed by atoms with van der Waals surface area (Å²) in [5.74, 6) is -1.15. The Labute approximate surface area is 260 Å². The Morgan fingerprint density at radius 3 is 1.38 bits per heavy atom. The van der Waals surface area contributed by atoms with E-state index >= 15 is 0 Å². The Morgan fingerprint density at radius 1 is 0.675 bits per heavy atom. The first-order chi connectivity index (χ1) is 19.1. The van der Waals surface area contributed by atoms with Gasteiger partial charge in [0.15, 0.2) is 0 Å². The minimum atomic E-state index is -0.379. The van der Waals surface area contributed by atoms with Crippen molar-refractivity contribution in [3.05, 3.63) is 68.4 Å². The van der Waals surface area contributed by atoms with E-state index in [0.717, 1.165) is 23.5 Å². The average Bonchev–Trinajstić information content (AvgIpc) is 3.35. The van der Waals surface area contributed by atoms with Gasteiger partial charge in [-0.2, -0.15) is 0 Å². The third-order valence-electron chi connectivity index (χ3n) is 5.73. The van der Waals surface area contributed by atoms with E-state index in [1.54, 1.807) is 48.5 Å². The van der Waals surface area contributed by atoms with E-state index < -0.39 is 0 Å². The van der Waals surface area contributed by atoms with Crippen LogP contribution in [0.5, 0.6) is 0 Å². The molecule has 2 heterocycles. The molecule has 208 valence electrons. The van der Waals surface area contributed by atoms with Gasteiger partial charge in [-0.1, -0.05) is 71.2 Å². The quantitative estimate of drug-likeness (QED) is 0.236. The number of thiocarbonyl (C=S) groups is 2. The van der Waals surface area contributed by atoms with Crippen LogP contribution >= 0.6 is 71.2 Å². The number of hydrogen-bond acceptors (Lipinski definition) is 8. The number of rotatable bonds is 10. The van der Waals surface area contributed by atoms with Gasteiger partial charge in [0.25, 0.3) is 11.8 Å². The first-order valence-electron chi connectivity index (χ1n) is 12.0. The lowest BCUT2D eigenvalue weighted by molar-refractivity contribution is -0.124. The summed E-state index contributed by atoms with van der Waals surface area (Å²) in [5, 5.41) is 6.70. The smallest absolute Gasteiger partial charge is 0.267 e. The molecule has 0 spiro atoms. The maximum absolute atomic E-state index is 13.1. The zero-order valence-electron chi connectivity index (χ0n) is 20.8. The Hall–Kier alpha value is -2.48. The first kappa shape index (κ1) is 30.5. The van der Waals surface area contributed by atoms with Crippen LogP contribution in [0.15, 0.2) is 58.3 Å². The van der Waals surface area contributed by atoms with Crippen molar-refractivity contribution < 1.29 is 19.2 Å². The molecule has 0 aromatic heterocycles. The molecule has 2 aliphatic rings. The van der Waals surface area contributed by atoms with Gasteiger partial charge in [-0.15, -0.1) is 0 Å². The maximum atomic E-state index is 13.1. The number of thioether (sulfide) groups is 2. The second-order valence-electron chi connectivity index (χ2n) is 8.63. The molecule has 40 heavy (non-hydrogen) atoms. The van der Waals surface area contributed by atoms with Gasteiger partial charge in [0.2, 0.25) is 11.8 Å². The summed E-state index contributed by atoms with van der Waals surface area (Å²) < 4.78 is 0.643. The van der Waals surface area contributed by atoms with Crippen molar-refractivity contribution in [1.29, 1.82) is 0 Å². The molecule has 2 aromatic rings. The second-order valence-corrected chi connectivity index (χ2v) is 12.8. The lowest BCUT2D eigenvalue weighted by Gasteiger charge is -2.14. The van der Waals surface area contributed by atoms with Crippen molar-refractivity contribution in [3.8, 4) is 0 Å². The Kier molecular flexibility index (Phi) is 10.6. The Balaban J connectivity index is 1.27. The normalized spacial score (nSPS) is 17.1. The summed E-state index contributed by atoms with van der Waals surface area (Å²) in [7, 11) is 0. The van der Waals surface area contributed by atoms with Crippen LogP contribution < -0.4 is 10.6 Å². The van der Waals surface area contributed by atoms with Crippen molar-refractivity contribution in [2.75, 3.05) is 23.7 Å². The molecule has 0 aliphatic carbocycles. The van der Waals surface area contributed by atoms with Crippen LogP contribution in [0, 0.1) is 0 Å².